The number of carbonyl (C=O) groups excluding carboxylic acids is 1. The molecule has 2 fully saturated rings. The van der Waals surface area contributed by atoms with Crippen molar-refractivity contribution in [2.24, 2.45) is 5.92 Å². The van der Waals surface area contributed by atoms with E-state index < -0.39 is 9.84 Å². The topological polar surface area (TPSA) is 54.5 Å². The summed E-state index contributed by atoms with van der Waals surface area (Å²) in [6.07, 6.45) is 1.28. The van der Waals surface area contributed by atoms with Crippen LogP contribution in [0.2, 0.25) is 0 Å². The lowest BCUT2D eigenvalue weighted by molar-refractivity contribution is -0.133. The van der Waals surface area contributed by atoms with Crippen molar-refractivity contribution in [2.45, 2.75) is 24.8 Å². The van der Waals surface area contributed by atoms with E-state index in [1.54, 1.807) is 24.1 Å². The summed E-state index contributed by atoms with van der Waals surface area (Å²) in [4.78, 5) is 14.0. The Morgan fingerprint density at radius 2 is 1.95 bits per heavy atom. The summed E-state index contributed by atoms with van der Waals surface area (Å²) >= 11 is 0. The summed E-state index contributed by atoms with van der Waals surface area (Å²) in [5, 5.41) is 0. The van der Waals surface area contributed by atoms with Crippen molar-refractivity contribution < 1.29 is 17.6 Å². The molecule has 1 saturated heterocycles. The monoisotopic (exact) mass is 311 g/mol. The minimum atomic E-state index is -2.99. The van der Waals surface area contributed by atoms with Gasteiger partial charge >= 0.3 is 0 Å². The largest absolute Gasteiger partial charge is 0.341 e. The molecule has 1 amide bonds. The smallest absolute Gasteiger partial charge is 0.226 e. The Bertz CT molecular complexity index is 656. The van der Waals surface area contributed by atoms with Crippen LogP contribution in [0.1, 0.15) is 24.3 Å². The van der Waals surface area contributed by atoms with Crippen molar-refractivity contribution in [1.82, 2.24) is 4.90 Å². The van der Waals surface area contributed by atoms with E-state index in [4.69, 9.17) is 0 Å². The molecule has 3 rings (SSSR count). The number of sulfone groups is 1. The van der Waals surface area contributed by atoms with Gasteiger partial charge in [-0.2, -0.15) is 0 Å². The third-order valence-corrected chi connectivity index (χ3v) is 6.26. The second-order valence-corrected chi connectivity index (χ2v) is 8.23. The number of benzene rings is 1. The van der Waals surface area contributed by atoms with Gasteiger partial charge in [0.2, 0.25) is 5.91 Å². The highest BCUT2D eigenvalue weighted by Gasteiger charge is 2.47. The number of halogens is 1. The number of nitrogens with zero attached hydrogens (tertiary/aromatic N) is 1. The van der Waals surface area contributed by atoms with Gasteiger partial charge in [0.05, 0.1) is 11.5 Å². The van der Waals surface area contributed by atoms with Crippen molar-refractivity contribution in [2.75, 3.05) is 18.6 Å². The second-order valence-electron chi connectivity index (χ2n) is 6.01. The summed E-state index contributed by atoms with van der Waals surface area (Å²) in [5.74, 6) is 0.00847. The van der Waals surface area contributed by atoms with Gasteiger partial charge in [0.15, 0.2) is 9.84 Å². The highest BCUT2D eigenvalue weighted by atomic mass is 32.2. The molecule has 114 valence electrons. The van der Waals surface area contributed by atoms with Crippen LogP contribution in [0.4, 0.5) is 4.39 Å². The Balaban J connectivity index is 1.63. The lowest BCUT2D eigenvalue weighted by Crippen LogP contribution is -2.39. The first-order valence-electron chi connectivity index (χ1n) is 7.10. The number of hydrogen-bond donors (Lipinski definition) is 0. The van der Waals surface area contributed by atoms with E-state index >= 15 is 0 Å². The highest BCUT2D eigenvalue weighted by molar-refractivity contribution is 7.91. The van der Waals surface area contributed by atoms with Crippen LogP contribution < -0.4 is 0 Å². The van der Waals surface area contributed by atoms with Crippen molar-refractivity contribution in [3.8, 4) is 0 Å². The molecular formula is C15H18FNO3S. The van der Waals surface area contributed by atoms with E-state index in [1.807, 2.05) is 0 Å². The lowest BCUT2D eigenvalue weighted by Gasteiger charge is -2.23. The normalized spacial score (nSPS) is 30.1. The minimum Gasteiger partial charge on any atom is -0.341 e. The van der Waals surface area contributed by atoms with Gasteiger partial charge in [-0.05, 0) is 36.5 Å². The Kier molecular flexibility index (Phi) is 3.51. The molecule has 2 aliphatic rings. The molecule has 1 aromatic carbocycles. The van der Waals surface area contributed by atoms with Gasteiger partial charge in [-0.25, -0.2) is 12.8 Å². The molecule has 0 radical (unpaired) electrons. The van der Waals surface area contributed by atoms with Gasteiger partial charge in [0.25, 0.3) is 0 Å². The van der Waals surface area contributed by atoms with Gasteiger partial charge < -0.3 is 4.90 Å². The van der Waals surface area contributed by atoms with Gasteiger partial charge in [-0.3, -0.25) is 4.79 Å². The molecule has 1 aromatic rings. The maximum absolute atomic E-state index is 12.9. The molecular weight excluding hydrogens is 293 g/mol. The average molecular weight is 311 g/mol. The summed E-state index contributed by atoms with van der Waals surface area (Å²) in [6, 6.07) is 6.04. The molecule has 0 spiro atoms. The maximum atomic E-state index is 12.9. The van der Waals surface area contributed by atoms with Gasteiger partial charge in [0, 0.05) is 19.0 Å². The Morgan fingerprint density at radius 3 is 2.52 bits per heavy atom. The van der Waals surface area contributed by atoms with E-state index in [2.05, 4.69) is 0 Å². The first-order chi connectivity index (χ1) is 9.87. The SMILES string of the molecule is CN(C(=O)C1CC1c1ccc(F)cc1)C1CCS(=O)(=O)C1. The van der Waals surface area contributed by atoms with E-state index in [1.165, 1.54) is 12.1 Å². The Morgan fingerprint density at radius 1 is 1.29 bits per heavy atom. The van der Waals surface area contributed by atoms with Crippen LogP contribution in [0.15, 0.2) is 24.3 Å². The third kappa shape index (κ3) is 2.95. The fourth-order valence-electron chi connectivity index (χ4n) is 3.07. The van der Waals surface area contributed by atoms with E-state index in [-0.39, 0.29) is 41.1 Å². The zero-order valence-electron chi connectivity index (χ0n) is 11.8. The van der Waals surface area contributed by atoms with E-state index in [9.17, 15) is 17.6 Å². The number of rotatable bonds is 3. The van der Waals surface area contributed by atoms with Gasteiger partial charge in [0.1, 0.15) is 5.82 Å². The highest BCUT2D eigenvalue weighted by Crippen LogP contribution is 2.48. The number of amides is 1. The van der Waals surface area contributed by atoms with Gasteiger partial charge in [-0.1, -0.05) is 12.1 Å². The Hall–Kier alpha value is -1.43. The van der Waals surface area contributed by atoms with Crippen molar-refractivity contribution in [1.29, 1.82) is 0 Å². The molecule has 1 heterocycles. The first-order valence-corrected chi connectivity index (χ1v) is 8.92. The van der Waals surface area contributed by atoms with Crippen LogP contribution in [0.3, 0.4) is 0 Å². The molecule has 4 nitrogen and oxygen atoms in total. The molecule has 0 aromatic heterocycles. The van der Waals surface area contributed by atoms with Gasteiger partial charge in [-0.15, -0.1) is 0 Å². The average Bonchev–Trinajstić information content (AvgIpc) is 3.15. The second kappa shape index (κ2) is 5.09. The number of carbonyl (C=O) groups is 1. The molecule has 21 heavy (non-hydrogen) atoms. The summed E-state index contributed by atoms with van der Waals surface area (Å²) in [7, 11) is -1.30. The predicted molar refractivity (Wildman–Crippen MR) is 77.1 cm³/mol. The van der Waals surface area contributed by atoms with Crippen molar-refractivity contribution in [3.05, 3.63) is 35.6 Å². The Labute approximate surface area is 123 Å². The van der Waals surface area contributed by atoms with Crippen LogP contribution in [0, 0.1) is 11.7 Å². The fraction of sp³-hybridized carbons (Fsp3) is 0.533. The summed E-state index contributed by atoms with van der Waals surface area (Å²) in [6.45, 7) is 0. The zero-order chi connectivity index (χ0) is 15.2. The van der Waals surface area contributed by atoms with Crippen molar-refractivity contribution in [3.63, 3.8) is 0 Å². The zero-order valence-corrected chi connectivity index (χ0v) is 12.6. The fourth-order valence-corrected chi connectivity index (χ4v) is 4.84. The van der Waals surface area contributed by atoms with E-state index in [0.29, 0.717) is 6.42 Å². The molecule has 6 heteroatoms. The van der Waals surface area contributed by atoms with Crippen LogP contribution in [0.5, 0.6) is 0 Å². The summed E-state index contributed by atoms with van der Waals surface area (Å²) in [5.41, 5.74) is 0.974. The predicted octanol–water partition coefficient (Wildman–Crippen LogP) is 1.57. The molecule has 3 unspecified atom stereocenters. The molecule has 1 saturated carbocycles. The molecule has 0 N–H and O–H groups in total. The van der Waals surface area contributed by atoms with Crippen LogP contribution in [-0.2, 0) is 14.6 Å². The van der Waals surface area contributed by atoms with E-state index in [0.717, 1.165) is 12.0 Å². The quantitative estimate of drug-likeness (QED) is 0.851. The molecule has 3 atom stereocenters. The number of hydrogen-bond acceptors (Lipinski definition) is 3. The van der Waals surface area contributed by atoms with Crippen LogP contribution >= 0.6 is 0 Å². The van der Waals surface area contributed by atoms with Crippen LogP contribution in [0.25, 0.3) is 0 Å². The standard InChI is InChI=1S/C15H18FNO3S/c1-17(12-6-7-21(19,20)9-12)15(18)14-8-13(14)10-2-4-11(16)5-3-10/h2-5,12-14H,6-9H2,1H3. The molecule has 0 bridgehead atoms. The third-order valence-electron chi connectivity index (χ3n) is 4.51. The van der Waals surface area contributed by atoms with Crippen molar-refractivity contribution >= 4 is 15.7 Å². The minimum absolute atomic E-state index is 0.00595. The summed E-state index contributed by atoms with van der Waals surface area (Å²) < 4.78 is 35.9. The maximum Gasteiger partial charge on any atom is 0.226 e. The van der Waals surface area contributed by atoms with Crippen LogP contribution in [-0.4, -0.2) is 43.8 Å². The molecule has 1 aliphatic carbocycles. The molecule has 1 aliphatic heterocycles. The first kappa shape index (κ1) is 14.5. The lowest BCUT2D eigenvalue weighted by atomic mass is 10.1.